The molecule has 4 nitrogen and oxygen atoms in total. The monoisotopic (exact) mass is 246 g/mol. The minimum Gasteiger partial charge on any atom is -0.396 e. The van der Waals surface area contributed by atoms with Crippen molar-refractivity contribution in [3.05, 3.63) is 0 Å². The normalized spacial score (nSPS) is 12.7. The van der Waals surface area contributed by atoms with Gasteiger partial charge in [0, 0.05) is 18.5 Å². The number of nitrogens with zero attached hydrogens (tertiary/aromatic N) is 2. The van der Waals surface area contributed by atoms with Gasteiger partial charge in [-0.1, -0.05) is 27.7 Å². The van der Waals surface area contributed by atoms with E-state index < -0.39 is 5.41 Å². The summed E-state index contributed by atoms with van der Waals surface area (Å²) in [6, 6.07) is 0. The molecule has 0 aromatic rings. The molecule has 0 aliphatic heterocycles. The van der Waals surface area contributed by atoms with Crippen LogP contribution in [0.15, 0.2) is 0 Å². The molecule has 17 heavy (non-hydrogen) atoms. The van der Waals surface area contributed by atoms with Crippen LogP contribution in [0.5, 0.6) is 0 Å². The SMILES string of the molecule is CCN(CC)CC(CO)(CO)CN(CC)CC. The van der Waals surface area contributed by atoms with Gasteiger partial charge in [0.15, 0.2) is 0 Å². The van der Waals surface area contributed by atoms with Crippen molar-refractivity contribution in [3.8, 4) is 0 Å². The van der Waals surface area contributed by atoms with Crippen molar-refractivity contribution in [3.63, 3.8) is 0 Å². The largest absolute Gasteiger partial charge is 0.396 e. The fourth-order valence-electron chi connectivity index (χ4n) is 2.14. The highest BCUT2D eigenvalue weighted by Crippen LogP contribution is 2.19. The predicted octanol–water partition coefficient (Wildman–Crippen LogP) is 0.641. The molecule has 0 saturated heterocycles. The summed E-state index contributed by atoms with van der Waals surface area (Å²) in [4.78, 5) is 4.52. The molecule has 0 unspecified atom stereocenters. The third-order valence-corrected chi connectivity index (χ3v) is 3.58. The van der Waals surface area contributed by atoms with Gasteiger partial charge in [-0.15, -0.1) is 0 Å². The van der Waals surface area contributed by atoms with Crippen LogP contribution in [0, 0.1) is 5.41 Å². The molecule has 0 radical (unpaired) electrons. The summed E-state index contributed by atoms with van der Waals surface area (Å²) in [5.41, 5.74) is -0.405. The second-order valence-corrected chi connectivity index (χ2v) is 4.74. The quantitative estimate of drug-likeness (QED) is 0.594. The molecule has 0 aromatic heterocycles. The lowest BCUT2D eigenvalue weighted by molar-refractivity contribution is -0.00195. The molecular formula is C13H30N2O2. The molecule has 104 valence electrons. The van der Waals surface area contributed by atoms with Crippen LogP contribution in [-0.2, 0) is 0 Å². The Kier molecular flexibility index (Phi) is 8.78. The molecule has 0 saturated carbocycles. The molecule has 0 rings (SSSR count). The van der Waals surface area contributed by atoms with Crippen LogP contribution >= 0.6 is 0 Å². The summed E-state index contributed by atoms with van der Waals surface area (Å²) in [5, 5.41) is 19.3. The Balaban J connectivity index is 4.63. The molecule has 0 bridgehead atoms. The van der Waals surface area contributed by atoms with E-state index in [4.69, 9.17) is 0 Å². The summed E-state index contributed by atoms with van der Waals surface area (Å²) in [6.07, 6.45) is 0. The third kappa shape index (κ3) is 5.34. The summed E-state index contributed by atoms with van der Waals surface area (Å²) in [6.45, 7) is 13.8. The van der Waals surface area contributed by atoms with Gasteiger partial charge in [0.25, 0.3) is 0 Å². The first-order valence-electron chi connectivity index (χ1n) is 6.77. The minimum atomic E-state index is -0.405. The van der Waals surface area contributed by atoms with Crippen LogP contribution in [0.25, 0.3) is 0 Å². The molecule has 0 amide bonds. The van der Waals surface area contributed by atoms with Crippen LogP contribution in [0.4, 0.5) is 0 Å². The van der Waals surface area contributed by atoms with E-state index in [1.807, 2.05) is 0 Å². The summed E-state index contributed by atoms with van der Waals surface area (Å²) >= 11 is 0. The average Bonchev–Trinajstić information content (AvgIpc) is 2.40. The number of aliphatic hydroxyl groups is 2. The fraction of sp³-hybridized carbons (Fsp3) is 1.00. The zero-order chi connectivity index (χ0) is 13.3. The van der Waals surface area contributed by atoms with E-state index in [0.29, 0.717) is 0 Å². The first kappa shape index (κ1) is 16.8. The highest BCUT2D eigenvalue weighted by atomic mass is 16.3. The Hall–Kier alpha value is -0.160. The smallest absolute Gasteiger partial charge is 0.0534 e. The molecule has 0 aliphatic rings. The number of hydrogen-bond acceptors (Lipinski definition) is 4. The Labute approximate surface area is 106 Å². The van der Waals surface area contributed by atoms with Gasteiger partial charge < -0.3 is 20.0 Å². The van der Waals surface area contributed by atoms with Gasteiger partial charge in [0.2, 0.25) is 0 Å². The molecule has 0 atom stereocenters. The van der Waals surface area contributed by atoms with E-state index in [1.54, 1.807) is 0 Å². The molecule has 4 heteroatoms. The van der Waals surface area contributed by atoms with Crippen molar-refractivity contribution >= 4 is 0 Å². The first-order valence-corrected chi connectivity index (χ1v) is 6.77. The molecule has 0 spiro atoms. The maximum Gasteiger partial charge on any atom is 0.0534 e. The number of hydrogen-bond donors (Lipinski definition) is 2. The number of aliphatic hydroxyl groups excluding tert-OH is 2. The van der Waals surface area contributed by atoms with Crippen molar-refractivity contribution in [1.29, 1.82) is 0 Å². The van der Waals surface area contributed by atoms with Gasteiger partial charge in [0.1, 0.15) is 0 Å². The summed E-state index contributed by atoms with van der Waals surface area (Å²) < 4.78 is 0. The van der Waals surface area contributed by atoms with Crippen molar-refractivity contribution in [2.24, 2.45) is 5.41 Å². The Morgan fingerprint density at radius 1 is 0.706 bits per heavy atom. The van der Waals surface area contributed by atoms with Crippen LogP contribution in [0.2, 0.25) is 0 Å². The van der Waals surface area contributed by atoms with E-state index in [-0.39, 0.29) is 13.2 Å². The maximum atomic E-state index is 9.64. The van der Waals surface area contributed by atoms with Gasteiger partial charge in [-0.3, -0.25) is 0 Å². The van der Waals surface area contributed by atoms with E-state index in [9.17, 15) is 10.2 Å². The maximum absolute atomic E-state index is 9.64. The van der Waals surface area contributed by atoms with Crippen LogP contribution < -0.4 is 0 Å². The third-order valence-electron chi connectivity index (χ3n) is 3.58. The van der Waals surface area contributed by atoms with E-state index >= 15 is 0 Å². The summed E-state index contributed by atoms with van der Waals surface area (Å²) in [5.74, 6) is 0. The standard InChI is InChI=1S/C13H30N2O2/c1-5-14(6-2)9-13(11-16,12-17)10-15(7-3)8-4/h16-17H,5-12H2,1-4H3. The Morgan fingerprint density at radius 3 is 1.18 bits per heavy atom. The highest BCUT2D eigenvalue weighted by Gasteiger charge is 2.32. The average molecular weight is 246 g/mol. The van der Waals surface area contributed by atoms with Gasteiger partial charge in [-0.2, -0.15) is 0 Å². The van der Waals surface area contributed by atoms with Crippen molar-refractivity contribution < 1.29 is 10.2 Å². The lowest BCUT2D eigenvalue weighted by atomic mass is 9.88. The first-order chi connectivity index (χ1) is 8.11. The Morgan fingerprint density at radius 2 is 1.00 bits per heavy atom. The lowest BCUT2D eigenvalue weighted by Crippen LogP contribution is -2.50. The van der Waals surface area contributed by atoms with E-state index in [2.05, 4.69) is 37.5 Å². The van der Waals surface area contributed by atoms with E-state index in [0.717, 1.165) is 39.3 Å². The van der Waals surface area contributed by atoms with E-state index in [1.165, 1.54) is 0 Å². The zero-order valence-corrected chi connectivity index (χ0v) is 11.9. The zero-order valence-electron chi connectivity index (χ0n) is 11.9. The fourth-order valence-corrected chi connectivity index (χ4v) is 2.14. The second-order valence-electron chi connectivity index (χ2n) is 4.74. The van der Waals surface area contributed by atoms with Crippen LogP contribution in [0.3, 0.4) is 0 Å². The molecule has 0 aromatic carbocycles. The second kappa shape index (κ2) is 8.86. The van der Waals surface area contributed by atoms with Crippen LogP contribution in [0.1, 0.15) is 27.7 Å². The van der Waals surface area contributed by atoms with Gasteiger partial charge in [-0.05, 0) is 26.2 Å². The number of rotatable bonds is 10. The van der Waals surface area contributed by atoms with Crippen molar-refractivity contribution in [2.45, 2.75) is 27.7 Å². The van der Waals surface area contributed by atoms with Crippen molar-refractivity contribution in [1.82, 2.24) is 9.80 Å². The molecule has 0 fully saturated rings. The summed E-state index contributed by atoms with van der Waals surface area (Å²) in [7, 11) is 0. The van der Waals surface area contributed by atoms with Crippen molar-refractivity contribution in [2.75, 3.05) is 52.5 Å². The lowest BCUT2D eigenvalue weighted by Gasteiger charge is -2.38. The minimum absolute atomic E-state index is 0.0382. The topological polar surface area (TPSA) is 46.9 Å². The molecule has 2 N–H and O–H groups in total. The van der Waals surface area contributed by atoms with Crippen LogP contribution in [-0.4, -0.2) is 72.5 Å². The molecule has 0 aliphatic carbocycles. The molecule has 0 heterocycles. The van der Waals surface area contributed by atoms with Gasteiger partial charge >= 0.3 is 0 Å². The van der Waals surface area contributed by atoms with Gasteiger partial charge in [0.05, 0.1) is 13.2 Å². The predicted molar refractivity (Wildman–Crippen MR) is 72.2 cm³/mol. The molecular weight excluding hydrogens is 216 g/mol. The van der Waals surface area contributed by atoms with Gasteiger partial charge in [-0.25, -0.2) is 0 Å². The highest BCUT2D eigenvalue weighted by molar-refractivity contribution is 4.84. The Bertz CT molecular complexity index is 160.